The van der Waals surface area contributed by atoms with Crippen molar-refractivity contribution in [2.75, 3.05) is 37.5 Å². The molecule has 0 fully saturated rings. The van der Waals surface area contributed by atoms with Crippen LogP contribution in [0.3, 0.4) is 0 Å². The molecule has 0 unspecified atom stereocenters. The third-order valence-corrected chi connectivity index (χ3v) is 22.6. The van der Waals surface area contributed by atoms with E-state index in [0.717, 1.165) is 48.5 Å². The van der Waals surface area contributed by atoms with Crippen LogP contribution in [-0.4, -0.2) is 357 Å². The van der Waals surface area contributed by atoms with Crippen molar-refractivity contribution in [3.8, 4) is 5.75 Å². The second-order valence-corrected chi connectivity index (χ2v) is 35.8. The molecule has 794 valence electrons. The fraction of sp³-hybridized carbons (Fsp3) is 0.533. The Kier molecular flexibility index (Phi) is 51.8. The minimum atomic E-state index is -2.10. The average Bonchev–Trinajstić information content (AvgIpc) is 0.957. The number of aliphatic carboxylic acids is 2. The molecular formula is C90H132N22O30S2. The van der Waals surface area contributed by atoms with Crippen LogP contribution in [0.4, 0.5) is 0 Å². The lowest BCUT2D eigenvalue weighted by Crippen LogP contribution is -2.63. The predicted molar refractivity (Wildman–Crippen MR) is 516 cm³/mol. The Morgan fingerprint density at radius 2 is 0.701 bits per heavy atom. The molecule has 31 N–H and O–H groups in total. The van der Waals surface area contributed by atoms with Gasteiger partial charge >= 0.3 is 11.9 Å². The van der Waals surface area contributed by atoms with Crippen LogP contribution >= 0.6 is 24.4 Å². The lowest BCUT2D eigenvalue weighted by atomic mass is 10.0. The van der Waals surface area contributed by atoms with Gasteiger partial charge in [0.25, 0.3) is 0 Å². The molecule has 0 aliphatic heterocycles. The molecule has 23 atom stereocenters. The first kappa shape index (κ1) is 122. The normalized spacial score (nSPS) is 16.0. The highest BCUT2D eigenvalue weighted by Gasteiger charge is 2.42. The number of aromatic hydroxyl groups is 1. The smallest absolute Gasteiger partial charge is 0.326 e. The van der Waals surface area contributed by atoms with E-state index in [-0.39, 0.29) is 55.0 Å². The van der Waals surface area contributed by atoms with Crippen LogP contribution in [-0.2, 0) is 126 Å². The van der Waals surface area contributed by atoms with E-state index >= 15 is 0 Å². The van der Waals surface area contributed by atoms with Crippen molar-refractivity contribution < 1.29 is 147 Å². The van der Waals surface area contributed by atoms with Gasteiger partial charge in [-0.3, -0.25) is 95.9 Å². The first-order chi connectivity index (χ1) is 67.7. The van der Waals surface area contributed by atoms with E-state index in [1.54, 1.807) is 80.8 Å². The lowest BCUT2D eigenvalue weighted by Gasteiger charge is -2.28. The monoisotopic (exact) mass is 2060 g/mol. The largest absolute Gasteiger partial charge is 0.508 e. The van der Waals surface area contributed by atoms with E-state index in [4.69, 9.17) is 5.73 Å². The number of nitrogens with two attached hydrogens (primary N) is 1. The van der Waals surface area contributed by atoms with E-state index in [1.165, 1.54) is 62.4 Å². The summed E-state index contributed by atoms with van der Waals surface area (Å²) in [6, 6.07) is -8.80. The summed E-state index contributed by atoms with van der Waals surface area (Å²) in [4.78, 5) is 292. The molecule has 0 spiro atoms. The number of nitrogens with one attached hydrogen (secondary N) is 20. The summed E-state index contributed by atoms with van der Waals surface area (Å²) in [7, 11) is 0. The zero-order chi connectivity index (χ0) is 108. The molecule has 1 heterocycles. The van der Waals surface area contributed by atoms with Crippen LogP contribution in [0.1, 0.15) is 118 Å². The molecule has 54 heteroatoms. The molecule has 0 aliphatic rings. The number of thioether (sulfide) groups is 1. The number of aliphatic hydroxyl groups excluding tert-OH is 6. The molecule has 144 heavy (non-hydrogen) atoms. The summed E-state index contributed by atoms with van der Waals surface area (Å²) in [5.41, 5.74) is 7.41. The number of hydrogen-bond donors (Lipinski definition) is 31. The molecule has 4 aromatic rings. The number of amides is 19. The maximum absolute atomic E-state index is 14.8. The number of H-pyrrole nitrogens is 1. The number of phenols is 1. The number of carboxylic acid groups (broad SMARTS) is 2. The van der Waals surface area contributed by atoms with Crippen LogP contribution < -0.4 is 107 Å². The molecule has 0 bridgehead atoms. The summed E-state index contributed by atoms with van der Waals surface area (Å²) in [6.45, 7) is 10.5. The Morgan fingerprint density at radius 3 is 1.13 bits per heavy atom. The van der Waals surface area contributed by atoms with Crippen LogP contribution in [0.2, 0.25) is 0 Å². The molecule has 1 aromatic heterocycles. The maximum Gasteiger partial charge on any atom is 0.326 e. The number of carboxylic acids is 2. The molecule has 3 aromatic carbocycles. The highest BCUT2D eigenvalue weighted by Crippen LogP contribution is 2.17. The first-order valence-electron chi connectivity index (χ1n) is 45.5. The first-order valence-corrected chi connectivity index (χ1v) is 47.6. The maximum atomic E-state index is 14.8. The third kappa shape index (κ3) is 42.2. The Hall–Kier alpha value is -14.0. The van der Waals surface area contributed by atoms with Crippen molar-refractivity contribution in [3.63, 3.8) is 0 Å². The van der Waals surface area contributed by atoms with Crippen molar-refractivity contribution in [3.05, 3.63) is 120 Å². The van der Waals surface area contributed by atoms with Gasteiger partial charge in [0.15, 0.2) is 0 Å². The molecule has 0 saturated heterocycles. The highest BCUT2D eigenvalue weighted by atomic mass is 32.2. The Labute approximate surface area is 837 Å². The van der Waals surface area contributed by atoms with E-state index < -0.39 is 302 Å². The van der Waals surface area contributed by atoms with E-state index in [0.29, 0.717) is 16.9 Å². The number of aromatic amines is 1. The summed E-state index contributed by atoms with van der Waals surface area (Å²) >= 11 is 5.65. The number of nitrogens with zero attached hydrogens (tertiary/aromatic N) is 1. The van der Waals surface area contributed by atoms with Crippen molar-refractivity contribution in [1.29, 1.82) is 0 Å². The van der Waals surface area contributed by atoms with Crippen molar-refractivity contribution in [2.24, 2.45) is 11.7 Å². The summed E-state index contributed by atoms with van der Waals surface area (Å²) < 4.78 is 0. The van der Waals surface area contributed by atoms with E-state index in [9.17, 15) is 147 Å². The Bertz CT molecular complexity index is 5030. The van der Waals surface area contributed by atoms with Crippen LogP contribution in [0.15, 0.2) is 97.5 Å². The highest BCUT2D eigenvalue weighted by molar-refractivity contribution is 7.98. The number of rotatable bonds is 61. The average molecular weight is 2070 g/mol. The van der Waals surface area contributed by atoms with Crippen molar-refractivity contribution >= 4 is 149 Å². The van der Waals surface area contributed by atoms with Gasteiger partial charge in [0.1, 0.15) is 108 Å². The minimum Gasteiger partial charge on any atom is -0.508 e. The number of imidazole rings is 1. The molecule has 52 nitrogen and oxygen atoms in total. The van der Waals surface area contributed by atoms with E-state index in [2.05, 4.69) is 124 Å². The third-order valence-electron chi connectivity index (χ3n) is 21.6. The molecule has 0 radical (unpaired) electrons. The van der Waals surface area contributed by atoms with Gasteiger partial charge in [-0.05, 0) is 122 Å². The summed E-state index contributed by atoms with van der Waals surface area (Å²) in [6.07, 6.45) is -6.44. The van der Waals surface area contributed by atoms with E-state index in [1.807, 2.05) is 0 Å². The SMILES string of the molecule is CSCC[C@H](N)C(=O)N[C@H](C(=O)N[C@@H](CO)C(=O)N[C@@H](CC(C)C)C(=O)N[C@H](C(=O)N[C@@H](C)C(=O)N[C@@H](C)C(=O)N[C@@H](CC(=O)O)C(=O)N[C@H](C(=O)N[C@@H](C)C(=O)N[C@H](C(=O)N[C@@H](Cc1ccc(O)cc1)C(=O)N[C@@H](Cc1ccccc1)C(=O)N[C@@H](CS)C(=O)N[C@@H](C)C(=O)NCC(=O)NCC(=O)N[C@@H](Cc1c[nH]cn1)C(=O)N[C@H](C(=O)N[C@@H](Cc1ccccc1)C(=O)O)[C@@H](C)O)[C@@H](C)O)[C@@H](C)O)[C@@H](C)O)[C@@H](C)O. The second kappa shape index (κ2) is 61.1. The number of carbonyl (C=O) groups excluding carboxylic acids is 19. The molecule has 19 amide bonds. The van der Waals surface area contributed by atoms with Gasteiger partial charge in [-0.2, -0.15) is 24.4 Å². The lowest BCUT2D eigenvalue weighted by molar-refractivity contribution is -0.143. The fourth-order valence-electron chi connectivity index (χ4n) is 13.4. The zero-order valence-corrected chi connectivity index (χ0v) is 82.8. The predicted octanol–water partition coefficient (Wildman–Crippen LogP) is -10.5. The van der Waals surface area contributed by atoms with Crippen molar-refractivity contribution in [2.45, 2.75) is 260 Å². The number of carbonyl (C=O) groups is 21. The topological polar surface area (TPSA) is 824 Å². The number of aromatic nitrogens is 2. The summed E-state index contributed by atoms with van der Waals surface area (Å²) in [5.74, 6) is -24.8. The number of aliphatic hydroxyl groups is 6. The van der Waals surface area contributed by atoms with Gasteiger partial charge in [-0.25, -0.2) is 9.78 Å². The quantitative estimate of drug-likeness (QED) is 0.0183. The molecule has 0 saturated carbocycles. The van der Waals surface area contributed by atoms with Crippen molar-refractivity contribution in [1.82, 2.24) is 111 Å². The standard InChI is InChI=1S/C90H132N22O30S2/c1-41(2)29-57(102-83(134)63(38-113)106-89(140)71(49(10)117)109-77(128)56(91)27-28-144-12)80(131)110-68(46(7)114)85(136)98-43(4)74(125)96-44(5)75(126)101-61(34-67(122)123)82(133)111-69(47(8)115)86(137)99-45(6)76(127)108-70(48(9)116)87(138)104-59(31-53-23-25-55(119)26-24-53)78(129)103-58(30-51-19-15-13-16-20-51)79(130)107-64(39-143)84(135)97-42(3)73(124)94-36-65(120)93-37-66(121)100-60(33-54-35-92-40-95-54)81(132)112-72(50(11)118)88(139)105-62(90(141)142)32-52-21-17-14-18-22-52/h13-26,35,40-50,56-64,68-72,113-119,143H,27-34,36-39,91H2,1-12H3,(H,92,95)(H,93,120)(H,94,124)(H,96,125)(H,97,135)(H,98,136)(H,99,137)(H,100,121)(H,101,126)(H,102,134)(H,103,129)(H,104,138)(H,105,139)(H,106,140)(H,107,130)(H,108,127)(H,109,128)(H,110,131)(H,111,133)(H,112,132)(H,122,123)(H,141,142)/t42-,43-,44-,45-,46+,47+,48+,49+,50+,56-,57-,58-,59-,60-,61-,62-,63-,64-,68-,69-,70-,71-,72-/m0/s1. The van der Waals surface area contributed by atoms with Crippen LogP contribution in [0.5, 0.6) is 5.75 Å². The molecule has 4 rings (SSSR count). The number of phenolic OH excluding ortho intramolecular Hbond substituents is 1. The number of benzene rings is 3. The van der Waals surface area contributed by atoms with Gasteiger partial charge in [0, 0.05) is 37.6 Å². The minimum absolute atomic E-state index is 0.145. The Balaban J connectivity index is 1.41. The fourth-order valence-corrected chi connectivity index (χ4v) is 14.2. The zero-order valence-electron chi connectivity index (χ0n) is 81.1. The summed E-state index contributed by atoms with van der Waals surface area (Å²) in [5, 5.41) is 137. The van der Waals surface area contributed by atoms with Crippen LogP contribution in [0.25, 0.3) is 0 Å². The van der Waals surface area contributed by atoms with Gasteiger partial charge in [-0.15, -0.1) is 0 Å². The van der Waals surface area contributed by atoms with Gasteiger partial charge < -0.3 is 158 Å². The second-order valence-electron chi connectivity index (χ2n) is 34.4. The van der Waals surface area contributed by atoms with Gasteiger partial charge in [0.05, 0.1) is 74.7 Å². The Morgan fingerprint density at radius 1 is 0.368 bits per heavy atom. The van der Waals surface area contributed by atoms with Crippen LogP contribution in [0, 0.1) is 5.92 Å². The van der Waals surface area contributed by atoms with Gasteiger partial charge in [-0.1, -0.05) is 86.6 Å². The molecular weight excluding hydrogens is 1930 g/mol. The number of thiol groups is 1. The molecule has 0 aliphatic carbocycles. The van der Waals surface area contributed by atoms with Gasteiger partial charge in [0.2, 0.25) is 112 Å². The number of hydrogen-bond acceptors (Lipinski definition) is 32.